The van der Waals surface area contributed by atoms with E-state index in [0.29, 0.717) is 29.9 Å². The summed E-state index contributed by atoms with van der Waals surface area (Å²) in [6.07, 6.45) is 3.33. The molecule has 0 aromatic heterocycles. The van der Waals surface area contributed by atoms with Crippen molar-refractivity contribution in [2.24, 2.45) is 17.8 Å². The minimum atomic E-state index is -0.714. The van der Waals surface area contributed by atoms with Crippen LogP contribution in [-0.4, -0.2) is 23.0 Å². The molecule has 1 unspecified atom stereocenters. The number of benzene rings is 2. The summed E-state index contributed by atoms with van der Waals surface area (Å²) in [5.74, 6) is 0.930. The fraction of sp³-hybridized carbons (Fsp3) is 0.480. The van der Waals surface area contributed by atoms with Gasteiger partial charge in [0.1, 0.15) is 17.8 Å². The number of anilines is 1. The molecule has 6 nitrogen and oxygen atoms in total. The largest absolute Gasteiger partial charge is 0.461 e. The third-order valence-electron chi connectivity index (χ3n) is 6.23. The Bertz CT molecular complexity index is 884. The summed E-state index contributed by atoms with van der Waals surface area (Å²) >= 11 is 0. The van der Waals surface area contributed by atoms with Gasteiger partial charge in [-0.1, -0.05) is 69.7 Å². The summed E-state index contributed by atoms with van der Waals surface area (Å²) in [6, 6.07) is 15.3. The highest BCUT2D eigenvalue weighted by atomic mass is 16.6. The Kier molecular flexibility index (Phi) is 7.66. The van der Waals surface area contributed by atoms with Crippen molar-refractivity contribution in [3.05, 3.63) is 70.3 Å². The van der Waals surface area contributed by atoms with Crippen LogP contribution in [0.3, 0.4) is 0 Å². The van der Waals surface area contributed by atoms with Gasteiger partial charge in [-0.3, -0.25) is 10.1 Å². The number of nitro groups is 1. The average molecular weight is 425 g/mol. The van der Waals surface area contributed by atoms with E-state index in [4.69, 9.17) is 4.74 Å². The molecule has 2 aromatic carbocycles. The topological polar surface area (TPSA) is 81.5 Å². The van der Waals surface area contributed by atoms with Crippen LogP contribution in [0.4, 0.5) is 11.4 Å². The molecule has 3 rings (SSSR count). The molecule has 0 amide bonds. The van der Waals surface area contributed by atoms with E-state index in [-0.39, 0.29) is 17.8 Å². The highest BCUT2D eigenvalue weighted by Gasteiger charge is 2.35. The van der Waals surface area contributed by atoms with Gasteiger partial charge in [-0.25, -0.2) is 4.79 Å². The first-order chi connectivity index (χ1) is 14.8. The number of hydrogen-bond donors (Lipinski definition) is 1. The third kappa shape index (κ3) is 6.06. The zero-order chi connectivity index (χ0) is 22.4. The van der Waals surface area contributed by atoms with Crippen LogP contribution in [0.5, 0.6) is 0 Å². The first-order valence-corrected chi connectivity index (χ1v) is 11.1. The fourth-order valence-electron chi connectivity index (χ4n) is 4.47. The number of para-hydroxylation sites is 2. The molecule has 0 heterocycles. The van der Waals surface area contributed by atoms with Crippen LogP contribution in [0.2, 0.25) is 0 Å². The van der Waals surface area contributed by atoms with Crippen LogP contribution in [0, 0.1) is 27.9 Å². The van der Waals surface area contributed by atoms with Crippen LogP contribution in [0.25, 0.3) is 0 Å². The second kappa shape index (κ2) is 10.4. The van der Waals surface area contributed by atoms with Gasteiger partial charge in [-0.2, -0.15) is 0 Å². The molecule has 0 bridgehead atoms. The molecule has 1 saturated carbocycles. The molecule has 1 aliphatic carbocycles. The van der Waals surface area contributed by atoms with Gasteiger partial charge in [0.2, 0.25) is 0 Å². The van der Waals surface area contributed by atoms with Gasteiger partial charge in [-0.05, 0) is 42.2 Å². The Morgan fingerprint density at radius 3 is 2.48 bits per heavy atom. The summed E-state index contributed by atoms with van der Waals surface area (Å²) < 4.78 is 6.07. The smallest absolute Gasteiger partial charge is 0.329 e. The summed E-state index contributed by atoms with van der Waals surface area (Å²) in [6.45, 7) is 6.55. The molecule has 1 fully saturated rings. The van der Waals surface area contributed by atoms with Crippen LogP contribution in [0.1, 0.15) is 45.6 Å². The van der Waals surface area contributed by atoms with Crippen LogP contribution in [-0.2, 0) is 16.0 Å². The number of nitrogens with one attached hydrogen (secondary N) is 1. The van der Waals surface area contributed by atoms with E-state index < -0.39 is 11.0 Å². The predicted molar refractivity (Wildman–Crippen MR) is 122 cm³/mol. The molecule has 0 spiro atoms. The average Bonchev–Trinajstić information content (AvgIpc) is 2.74. The van der Waals surface area contributed by atoms with E-state index in [1.807, 2.05) is 30.3 Å². The van der Waals surface area contributed by atoms with E-state index >= 15 is 0 Å². The molecule has 166 valence electrons. The van der Waals surface area contributed by atoms with Crippen molar-refractivity contribution in [1.82, 2.24) is 0 Å². The summed E-state index contributed by atoms with van der Waals surface area (Å²) in [5.41, 5.74) is 1.23. The van der Waals surface area contributed by atoms with Crippen molar-refractivity contribution in [3.8, 4) is 0 Å². The van der Waals surface area contributed by atoms with Crippen LogP contribution >= 0.6 is 0 Å². The predicted octanol–water partition coefficient (Wildman–Crippen LogP) is 5.62. The minimum absolute atomic E-state index is 0.0558. The van der Waals surface area contributed by atoms with Crippen LogP contribution in [0.15, 0.2) is 54.6 Å². The molecule has 1 aliphatic rings. The highest BCUT2D eigenvalue weighted by molar-refractivity contribution is 5.81. The summed E-state index contributed by atoms with van der Waals surface area (Å²) in [4.78, 5) is 24.3. The number of ether oxygens (including phenoxy) is 1. The van der Waals surface area contributed by atoms with Crippen molar-refractivity contribution >= 4 is 17.3 Å². The monoisotopic (exact) mass is 424 g/mol. The molecule has 31 heavy (non-hydrogen) atoms. The number of esters is 1. The lowest BCUT2D eigenvalue weighted by atomic mass is 9.75. The van der Waals surface area contributed by atoms with Gasteiger partial charge in [0.05, 0.1) is 4.92 Å². The van der Waals surface area contributed by atoms with Crippen LogP contribution < -0.4 is 5.32 Å². The summed E-state index contributed by atoms with van der Waals surface area (Å²) in [7, 11) is 0. The molecule has 0 aliphatic heterocycles. The fourth-order valence-corrected chi connectivity index (χ4v) is 4.47. The molecule has 6 heteroatoms. The maximum absolute atomic E-state index is 13.3. The number of hydrogen-bond acceptors (Lipinski definition) is 5. The Labute approximate surface area is 184 Å². The first kappa shape index (κ1) is 22.8. The van der Waals surface area contributed by atoms with E-state index in [0.717, 1.165) is 24.8 Å². The maximum Gasteiger partial charge on any atom is 0.329 e. The lowest BCUT2D eigenvalue weighted by Crippen LogP contribution is -2.41. The molecular formula is C25H32N2O4. The number of nitro benzene ring substituents is 1. The van der Waals surface area contributed by atoms with E-state index in [2.05, 4.69) is 26.1 Å². The van der Waals surface area contributed by atoms with Crippen molar-refractivity contribution < 1.29 is 14.5 Å². The molecular weight excluding hydrogens is 392 g/mol. The third-order valence-corrected chi connectivity index (χ3v) is 6.23. The van der Waals surface area contributed by atoms with Crippen molar-refractivity contribution in [3.63, 3.8) is 0 Å². The van der Waals surface area contributed by atoms with Gasteiger partial charge in [0, 0.05) is 12.5 Å². The number of carbonyl (C=O) groups excluding carboxylic acids is 1. The zero-order valence-corrected chi connectivity index (χ0v) is 18.5. The number of nitrogens with zero attached hydrogens (tertiary/aromatic N) is 1. The minimum Gasteiger partial charge on any atom is -0.461 e. The quantitative estimate of drug-likeness (QED) is 0.338. The van der Waals surface area contributed by atoms with E-state index in [9.17, 15) is 14.9 Å². The second-order valence-electron chi connectivity index (χ2n) is 8.96. The second-order valence-corrected chi connectivity index (χ2v) is 8.96. The van der Waals surface area contributed by atoms with Crippen molar-refractivity contribution in [1.29, 1.82) is 0 Å². The molecule has 2 aromatic rings. The first-order valence-electron chi connectivity index (χ1n) is 11.1. The van der Waals surface area contributed by atoms with Gasteiger partial charge < -0.3 is 10.1 Å². The van der Waals surface area contributed by atoms with Gasteiger partial charge in [0.15, 0.2) is 0 Å². The maximum atomic E-state index is 13.3. The SMILES string of the molecule is CC(C)[C@@H]1CC[C@@H](C)CC1OC(=O)[C@@H](Cc1ccccc1)Nc1ccccc1[N+](=O)[O-]. The Morgan fingerprint density at radius 1 is 1.13 bits per heavy atom. The zero-order valence-electron chi connectivity index (χ0n) is 18.5. The lowest BCUT2D eigenvalue weighted by Gasteiger charge is -2.37. The Hall–Kier alpha value is -2.89. The van der Waals surface area contributed by atoms with Gasteiger partial charge >= 0.3 is 5.97 Å². The number of carbonyl (C=O) groups is 1. The van der Waals surface area contributed by atoms with E-state index in [1.165, 1.54) is 6.07 Å². The lowest BCUT2D eigenvalue weighted by molar-refractivity contribution is -0.384. The normalized spacial score (nSPS) is 22.0. The highest BCUT2D eigenvalue weighted by Crippen LogP contribution is 2.36. The molecule has 4 atom stereocenters. The Balaban J connectivity index is 1.83. The van der Waals surface area contributed by atoms with Crippen molar-refractivity contribution in [2.75, 3.05) is 5.32 Å². The summed E-state index contributed by atoms with van der Waals surface area (Å²) in [5, 5.41) is 14.6. The molecule has 1 N–H and O–H groups in total. The molecule has 0 radical (unpaired) electrons. The Morgan fingerprint density at radius 2 is 1.81 bits per heavy atom. The standard InChI is InChI=1S/C25H32N2O4/c1-17(2)20-14-13-18(3)15-24(20)31-25(28)22(16-19-9-5-4-6-10-19)26-21-11-7-8-12-23(21)27(29)30/h4-12,17-18,20,22,24,26H,13-16H2,1-3H3/t18-,20+,22-,24?/m1/s1. The van der Waals surface area contributed by atoms with Gasteiger partial charge in [0.25, 0.3) is 5.69 Å². The van der Waals surface area contributed by atoms with E-state index in [1.54, 1.807) is 18.2 Å². The molecule has 0 saturated heterocycles. The van der Waals surface area contributed by atoms with Gasteiger partial charge in [-0.15, -0.1) is 0 Å². The van der Waals surface area contributed by atoms with Crippen molar-refractivity contribution in [2.45, 2.75) is 58.6 Å². The number of rotatable bonds is 8.